The van der Waals surface area contributed by atoms with Gasteiger partial charge in [0.25, 0.3) is 0 Å². The Labute approximate surface area is 114 Å². The summed E-state index contributed by atoms with van der Waals surface area (Å²) in [6, 6.07) is 6.37. The molecule has 0 spiro atoms. The number of carbonyl (C=O) groups excluding carboxylic acids is 1. The number of sulfonamides is 1. The fourth-order valence-electron chi connectivity index (χ4n) is 1.99. The first-order valence-corrected chi connectivity index (χ1v) is 7.93. The van der Waals surface area contributed by atoms with Crippen LogP contribution in [0.25, 0.3) is 0 Å². The molecule has 0 aliphatic carbocycles. The SMILES string of the molecule is CC[C@H](C(=O)NC)N(c1cccc(C)c1)S(C)(=O)=O. The number of hydrogen-bond donors (Lipinski definition) is 1. The van der Waals surface area contributed by atoms with Gasteiger partial charge in [0, 0.05) is 7.05 Å². The Balaban J connectivity index is 3.34. The lowest BCUT2D eigenvalue weighted by Gasteiger charge is -2.29. The summed E-state index contributed by atoms with van der Waals surface area (Å²) in [7, 11) is -2.03. The number of nitrogens with one attached hydrogen (secondary N) is 1. The van der Waals surface area contributed by atoms with Crippen LogP contribution < -0.4 is 9.62 Å². The van der Waals surface area contributed by atoms with Gasteiger partial charge in [0.2, 0.25) is 15.9 Å². The predicted octanol–water partition coefficient (Wildman–Crippen LogP) is 1.29. The smallest absolute Gasteiger partial charge is 0.243 e. The molecule has 1 amide bonds. The molecule has 0 heterocycles. The molecule has 0 aliphatic heterocycles. The molecule has 0 saturated carbocycles. The zero-order valence-electron chi connectivity index (χ0n) is 11.7. The molecule has 0 aliphatic rings. The number of aryl methyl sites for hydroxylation is 1. The van der Waals surface area contributed by atoms with Crippen LogP contribution in [0.1, 0.15) is 18.9 Å². The topological polar surface area (TPSA) is 66.5 Å². The van der Waals surface area contributed by atoms with Gasteiger partial charge in [0.05, 0.1) is 11.9 Å². The Bertz CT molecular complexity index is 555. The molecule has 1 N–H and O–H groups in total. The van der Waals surface area contributed by atoms with E-state index in [4.69, 9.17) is 0 Å². The summed E-state index contributed by atoms with van der Waals surface area (Å²) in [4.78, 5) is 11.9. The van der Waals surface area contributed by atoms with Crippen molar-refractivity contribution in [3.8, 4) is 0 Å². The standard InChI is InChI=1S/C13H20N2O3S/c1-5-12(13(16)14-3)15(19(4,17)18)11-8-6-7-10(2)9-11/h6-9,12H,5H2,1-4H3,(H,14,16)/t12-/m1/s1. The van der Waals surface area contributed by atoms with E-state index in [1.54, 1.807) is 25.1 Å². The molecular weight excluding hydrogens is 264 g/mol. The third-order valence-electron chi connectivity index (χ3n) is 2.83. The van der Waals surface area contributed by atoms with Gasteiger partial charge in [0.15, 0.2) is 0 Å². The molecule has 1 aromatic rings. The van der Waals surface area contributed by atoms with E-state index in [1.807, 2.05) is 13.0 Å². The van der Waals surface area contributed by atoms with Gasteiger partial charge in [-0.1, -0.05) is 19.1 Å². The monoisotopic (exact) mass is 284 g/mol. The minimum absolute atomic E-state index is 0.311. The molecular formula is C13H20N2O3S. The molecule has 1 aromatic carbocycles. The van der Waals surface area contributed by atoms with Gasteiger partial charge in [-0.05, 0) is 31.0 Å². The fourth-order valence-corrected chi connectivity index (χ4v) is 3.20. The number of benzene rings is 1. The largest absolute Gasteiger partial charge is 0.357 e. The van der Waals surface area contributed by atoms with Gasteiger partial charge in [-0.15, -0.1) is 0 Å². The quantitative estimate of drug-likeness (QED) is 0.886. The van der Waals surface area contributed by atoms with Crippen LogP contribution >= 0.6 is 0 Å². The minimum Gasteiger partial charge on any atom is -0.357 e. The number of nitrogens with zero attached hydrogens (tertiary/aromatic N) is 1. The van der Waals surface area contributed by atoms with E-state index in [9.17, 15) is 13.2 Å². The van der Waals surface area contributed by atoms with E-state index >= 15 is 0 Å². The lowest BCUT2D eigenvalue weighted by atomic mass is 10.1. The lowest BCUT2D eigenvalue weighted by Crippen LogP contribution is -2.48. The van der Waals surface area contributed by atoms with Crippen LogP contribution in [-0.2, 0) is 14.8 Å². The van der Waals surface area contributed by atoms with Crippen LogP contribution in [0, 0.1) is 6.92 Å². The van der Waals surface area contributed by atoms with Crippen molar-refractivity contribution >= 4 is 21.6 Å². The highest BCUT2D eigenvalue weighted by Gasteiger charge is 2.30. The van der Waals surface area contributed by atoms with Crippen molar-refractivity contribution in [1.29, 1.82) is 0 Å². The lowest BCUT2D eigenvalue weighted by molar-refractivity contribution is -0.121. The normalized spacial score (nSPS) is 12.8. The highest BCUT2D eigenvalue weighted by atomic mass is 32.2. The summed E-state index contributed by atoms with van der Waals surface area (Å²) in [6.07, 6.45) is 1.52. The Hall–Kier alpha value is -1.56. The van der Waals surface area contributed by atoms with Crippen LogP contribution in [-0.4, -0.2) is 33.7 Å². The summed E-state index contributed by atoms with van der Waals surface area (Å²) < 4.78 is 25.2. The number of carbonyl (C=O) groups is 1. The van der Waals surface area contributed by atoms with Crippen LogP contribution in [0.15, 0.2) is 24.3 Å². The summed E-state index contributed by atoms with van der Waals surface area (Å²) in [5.41, 5.74) is 1.45. The molecule has 5 nitrogen and oxygen atoms in total. The second-order valence-electron chi connectivity index (χ2n) is 4.44. The van der Waals surface area contributed by atoms with E-state index in [0.29, 0.717) is 12.1 Å². The summed E-state index contributed by atoms with van der Waals surface area (Å²) in [5, 5.41) is 2.51. The van der Waals surface area contributed by atoms with Gasteiger partial charge >= 0.3 is 0 Å². The maximum atomic E-state index is 12.0. The van der Waals surface area contributed by atoms with Crippen LogP contribution in [0.5, 0.6) is 0 Å². The molecule has 19 heavy (non-hydrogen) atoms. The van der Waals surface area contributed by atoms with Crippen LogP contribution in [0.3, 0.4) is 0 Å². The van der Waals surface area contributed by atoms with Crippen molar-refractivity contribution in [2.75, 3.05) is 17.6 Å². The summed E-state index contributed by atoms with van der Waals surface area (Å²) in [6.45, 7) is 3.67. The maximum Gasteiger partial charge on any atom is 0.243 e. The molecule has 0 saturated heterocycles. The van der Waals surface area contributed by atoms with Gasteiger partial charge in [0.1, 0.15) is 6.04 Å². The predicted molar refractivity (Wildman–Crippen MR) is 76.6 cm³/mol. The highest BCUT2D eigenvalue weighted by molar-refractivity contribution is 7.92. The molecule has 6 heteroatoms. The number of hydrogen-bond acceptors (Lipinski definition) is 3. The van der Waals surface area contributed by atoms with Crippen molar-refractivity contribution < 1.29 is 13.2 Å². The number of likely N-dealkylation sites (N-methyl/N-ethyl adjacent to an activating group) is 1. The number of rotatable bonds is 5. The van der Waals surface area contributed by atoms with Crippen LogP contribution in [0.4, 0.5) is 5.69 Å². The second-order valence-corrected chi connectivity index (χ2v) is 6.30. The minimum atomic E-state index is -3.53. The van der Waals surface area contributed by atoms with E-state index in [2.05, 4.69) is 5.32 Å². The first-order valence-electron chi connectivity index (χ1n) is 6.09. The van der Waals surface area contributed by atoms with E-state index in [0.717, 1.165) is 11.8 Å². The van der Waals surface area contributed by atoms with E-state index in [1.165, 1.54) is 11.4 Å². The average molecular weight is 284 g/mol. The molecule has 1 atom stereocenters. The van der Waals surface area contributed by atoms with Gasteiger partial charge in [-0.2, -0.15) is 0 Å². The third-order valence-corrected chi connectivity index (χ3v) is 4.01. The Morgan fingerprint density at radius 1 is 1.42 bits per heavy atom. The zero-order valence-corrected chi connectivity index (χ0v) is 12.5. The Kier molecular flexibility index (Phi) is 4.94. The van der Waals surface area contributed by atoms with Gasteiger partial charge < -0.3 is 5.32 Å². The molecule has 0 unspecified atom stereocenters. The number of amides is 1. The second kappa shape index (κ2) is 6.06. The third kappa shape index (κ3) is 3.70. The zero-order chi connectivity index (χ0) is 14.6. The van der Waals surface area contributed by atoms with Crippen molar-refractivity contribution in [1.82, 2.24) is 5.32 Å². The van der Waals surface area contributed by atoms with Gasteiger partial charge in [-0.3, -0.25) is 9.10 Å². The van der Waals surface area contributed by atoms with Gasteiger partial charge in [-0.25, -0.2) is 8.42 Å². The van der Waals surface area contributed by atoms with Crippen molar-refractivity contribution in [3.05, 3.63) is 29.8 Å². The van der Waals surface area contributed by atoms with Crippen molar-refractivity contribution in [2.45, 2.75) is 26.3 Å². The first kappa shape index (κ1) is 15.5. The van der Waals surface area contributed by atoms with E-state index in [-0.39, 0.29) is 5.91 Å². The molecule has 106 valence electrons. The molecule has 0 aromatic heterocycles. The van der Waals surface area contributed by atoms with Crippen molar-refractivity contribution in [2.24, 2.45) is 0 Å². The summed E-state index contributed by atoms with van der Waals surface area (Å²) in [5.74, 6) is -0.311. The maximum absolute atomic E-state index is 12.0. The fraction of sp³-hybridized carbons (Fsp3) is 0.462. The first-order chi connectivity index (χ1) is 8.81. The summed E-state index contributed by atoms with van der Waals surface area (Å²) >= 11 is 0. The Morgan fingerprint density at radius 2 is 2.05 bits per heavy atom. The molecule has 1 rings (SSSR count). The number of anilines is 1. The average Bonchev–Trinajstić information content (AvgIpc) is 2.33. The van der Waals surface area contributed by atoms with Crippen LogP contribution in [0.2, 0.25) is 0 Å². The molecule has 0 radical (unpaired) electrons. The van der Waals surface area contributed by atoms with E-state index < -0.39 is 16.1 Å². The Morgan fingerprint density at radius 3 is 2.47 bits per heavy atom. The highest BCUT2D eigenvalue weighted by Crippen LogP contribution is 2.23. The molecule has 0 fully saturated rings. The van der Waals surface area contributed by atoms with Crippen molar-refractivity contribution in [3.63, 3.8) is 0 Å². The molecule has 0 bridgehead atoms.